The molecular weight excluding hydrogens is 338 g/mol. The molecule has 1 amide bonds. The lowest BCUT2D eigenvalue weighted by atomic mass is 10.1. The highest BCUT2D eigenvalue weighted by Crippen LogP contribution is 2.17. The second-order valence-electron chi connectivity index (χ2n) is 7.39. The van der Waals surface area contributed by atoms with Gasteiger partial charge in [0.15, 0.2) is 0 Å². The molecule has 0 bridgehead atoms. The molecule has 1 N–H and O–H groups in total. The van der Waals surface area contributed by atoms with Crippen LogP contribution in [-0.4, -0.2) is 48.6 Å². The lowest BCUT2D eigenvalue weighted by molar-refractivity contribution is 0.0194. The van der Waals surface area contributed by atoms with Crippen LogP contribution in [0.5, 0.6) is 0 Å². The Kier molecular flexibility index (Phi) is 8.50. The number of nitrogens with zero attached hydrogens (tertiary/aromatic N) is 2. The van der Waals surface area contributed by atoms with E-state index in [9.17, 15) is 4.79 Å². The number of rotatable bonds is 5. The number of likely N-dealkylation sites (tertiary alicyclic amines) is 1. The molecule has 142 valence electrons. The van der Waals surface area contributed by atoms with Crippen LogP contribution in [0, 0.1) is 0 Å². The average Bonchev–Trinajstić information content (AvgIpc) is 2.52. The van der Waals surface area contributed by atoms with Crippen molar-refractivity contribution in [3.8, 4) is 0 Å². The van der Waals surface area contributed by atoms with Crippen LogP contribution in [0.1, 0.15) is 53.4 Å². The van der Waals surface area contributed by atoms with Crippen molar-refractivity contribution in [3.63, 3.8) is 0 Å². The quantitative estimate of drug-likeness (QED) is 0.441. The standard InChI is InChI=1S/C19H32ClN3O2/c1-7-14(2)11-15(20)12-17(21-6)22-16-9-8-10-23(13-16)18(24)25-19(3,4)5/h12,16H,2,7-11,13H2,1,3-6H3,(H,21,22). The third kappa shape index (κ3) is 8.43. The van der Waals surface area contributed by atoms with Gasteiger partial charge in [-0.2, -0.15) is 0 Å². The van der Waals surface area contributed by atoms with E-state index in [0.29, 0.717) is 18.0 Å². The summed E-state index contributed by atoms with van der Waals surface area (Å²) < 4.78 is 5.46. The van der Waals surface area contributed by atoms with Gasteiger partial charge in [-0.15, -0.1) is 0 Å². The molecule has 1 aliphatic heterocycles. The van der Waals surface area contributed by atoms with Gasteiger partial charge in [0.2, 0.25) is 0 Å². The molecule has 5 nitrogen and oxygen atoms in total. The number of amidine groups is 1. The molecule has 6 heteroatoms. The Balaban J connectivity index is 2.63. The Hall–Kier alpha value is -1.49. The van der Waals surface area contributed by atoms with E-state index in [0.717, 1.165) is 37.2 Å². The van der Waals surface area contributed by atoms with E-state index in [1.807, 2.05) is 26.8 Å². The van der Waals surface area contributed by atoms with Crippen molar-refractivity contribution in [2.75, 3.05) is 20.1 Å². The van der Waals surface area contributed by atoms with E-state index in [2.05, 4.69) is 23.8 Å². The van der Waals surface area contributed by atoms with Crippen LogP contribution in [0.25, 0.3) is 0 Å². The number of hydrogen-bond acceptors (Lipinski definition) is 3. The molecule has 1 atom stereocenters. The van der Waals surface area contributed by atoms with Crippen molar-refractivity contribution < 1.29 is 9.53 Å². The predicted molar refractivity (Wildman–Crippen MR) is 105 cm³/mol. The van der Waals surface area contributed by atoms with Crippen molar-refractivity contribution in [2.45, 2.75) is 65.0 Å². The number of carbonyl (C=O) groups is 1. The molecule has 0 radical (unpaired) electrons. The zero-order valence-electron chi connectivity index (χ0n) is 16.2. The van der Waals surface area contributed by atoms with Gasteiger partial charge in [-0.05, 0) is 46.1 Å². The number of hydrogen-bond donors (Lipinski definition) is 1. The molecule has 1 rings (SSSR count). The number of halogens is 1. The minimum Gasteiger partial charge on any atom is -0.444 e. The predicted octanol–water partition coefficient (Wildman–Crippen LogP) is 4.48. The molecule has 1 aliphatic rings. The number of amides is 1. The number of carbonyl (C=O) groups excluding carboxylic acids is 1. The zero-order chi connectivity index (χ0) is 19.0. The molecule has 0 aromatic rings. The van der Waals surface area contributed by atoms with Gasteiger partial charge in [0.25, 0.3) is 0 Å². The third-order valence-corrected chi connectivity index (χ3v) is 4.12. The Bertz CT molecular complexity index is 535. The summed E-state index contributed by atoms with van der Waals surface area (Å²) in [5, 5.41) is 4.09. The maximum atomic E-state index is 12.2. The summed E-state index contributed by atoms with van der Waals surface area (Å²) in [5.41, 5.74) is 0.608. The van der Waals surface area contributed by atoms with Crippen molar-refractivity contribution in [1.82, 2.24) is 10.2 Å². The largest absolute Gasteiger partial charge is 0.444 e. The van der Waals surface area contributed by atoms with E-state index in [4.69, 9.17) is 16.3 Å². The fourth-order valence-corrected chi connectivity index (χ4v) is 2.82. The van der Waals surface area contributed by atoms with E-state index in [-0.39, 0.29) is 12.1 Å². The van der Waals surface area contributed by atoms with Crippen LogP contribution in [0.15, 0.2) is 28.3 Å². The van der Waals surface area contributed by atoms with Crippen LogP contribution in [0.4, 0.5) is 4.79 Å². The lowest BCUT2D eigenvalue weighted by Gasteiger charge is -2.34. The summed E-state index contributed by atoms with van der Waals surface area (Å²) in [5.74, 6) is 0.727. The smallest absolute Gasteiger partial charge is 0.410 e. The van der Waals surface area contributed by atoms with Crippen LogP contribution >= 0.6 is 11.6 Å². The minimum absolute atomic E-state index is 0.134. The van der Waals surface area contributed by atoms with Gasteiger partial charge in [0.05, 0.1) is 0 Å². The number of ether oxygens (including phenoxy) is 1. The Morgan fingerprint density at radius 1 is 1.48 bits per heavy atom. The third-order valence-electron chi connectivity index (χ3n) is 3.88. The fourth-order valence-electron chi connectivity index (χ4n) is 2.53. The monoisotopic (exact) mass is 369 g/mol. The van der Waals surface area contributed by atoms with Gasteiger partial charge in [-0.3, -0.25) is 4.99 Å². The number of allylic oxidation sites excluding steroid dienone is 2. The van der Waals surface area contributed by atoms with Crippen LogP contribution in [0.2, 0.25) is 0 Å². The SMILES string of the molecule is C=C(CC)CC(Cl)=CC(=NC)NC1CCCN(C(=O)OC(C)(C)C)C1. The Labute approximate surface area is 157 Å². The van der Waals surface area contributed by atoms with Gasteiger partial charge in [0.1, 0.15) is 11.4 Å². The number of piperidine rings is 1. The van der Waals surface area contributed by atoms with E-state index < -0.39 is 5.60 Å². The Morgan fingerprint density at radius 2 is 2.16 bits per heavy atom. The molecule has 0 saturated carbocycles. The summed E-state index contributed by atoms with van der Waals surface area (Å²) in [6, 6.07) is 0.134. The highest BCUT2D eigenvalue weighted by Gasteiger charge is 2.27. The zero-order valence-corrected chi connectivity index (χ0v) is 16.9. The first-order valence-electron chi connectivity index (χ1n) is 8.88. The first kappa shape index (κ1) is 21.6. The number of nitrogens with one attached hydrogen (secondary N) is 1. The van der Waals surface area contributed by atoms with Crippen molar-refractivity contribution in [2.24, 2.45) is 4.99 Å². The molecule has 1 fully saturated rings. The maximum Gasteiger partial charge on any atom is 0.410 e. The molecule has 0 spiro atoms. The topological polar surface area (TPSA) is 53.9 Å². The second kappa shape index (κ2) is 9.85. The van der Waals surface area contributed by atoms with E-state index in [1.54, 1.807) is 11.9 Å². The minimum atomic E-state index is -0.481. The normalized spacial score (nSPS) is 19.6. The highest BCUT2D eigenvalue weighted by atomic mass is 35.5. The molecule has 1 unspecified atom stereocenters. The summed E-state index contributed by atoms with van der Waals surface area (Å²) in [7, 11) is 1.73. The van der Waals surface area contributed by atoms with Gasteiger partial charge in [0, 0.05) is 37.6 Å². The van der Waals surface area contributed by atoms with E-state index >= 15 is 0 Å². The Morgan fingerprint density at radius 3 is 2.72 bits per heavy atom. The molecule has 0 aromatic heterocycles. The second-order valence-corrected chi connectivity index (χ2v) is 7.88. The number of aliphatic imine (C=N–C) groups is 1. The maximum absolute atomic E-state index is 12.2. The molecular formula is C19H32ClN3O2. The van der Waals surface area contributed by atoms with Gasteiger partial charge in [-0.1, -0.05) is 30.7 Å². The van der Waals surface area contributed by atoms with Crippen LogP contribution in [-0.2, 0) is 4.74 Å². The molecule has 0 aromatic carbocycles. The summed E-state index contributed by atoms with van der Waals surface area (Å²) in [4.78, 5) is 18.3. The lowest BCUT2D eigenvalue weighted by Crippen LogP contribution is -2.50. The van der Waals surface area contributed by atoms with Gasteiger partial charge >= 0.3 is 6.09 Å². The first-order valence-corrected chi connectivity index (χ1v) is 9.26. The summed E-state index contributed by atoms with van der Waals surface area (Å²) in [6.45, 7) is 13.0. The fraction of sp³-hybridized carbons (Fsp3) is 0.684. The molecule has 0 aliphatic carbocycles. The highest BCUT2D eigenvalue weighted by molar-refractivity contribution is 6.31. The van der Waals surface area contributed by atoms with Crippen molar-refractivity contribution >= 4 is 23.5 Å². The van der Waals surface area contributed by atoms with Crippen LogP contribution < -0.4 is 5.32 Å². The van der Waals surface area contributed by atoms with E-state index in [1.165, 1.54) is 0 Å². The summed E-state index contributed by atoms with van der Waals surface area (Å²) >= 11 is 6.29. The van der Waals surface area contributed by atoms with Gasteiger partial charge in [-0.25, -0.2) is 4.79 Å². The van der Waals surface area contributed by atoms with Crippen molar-refractivity contribution in [3.05, 3.63) is 23.3 Å². The molecule has 1 heterocycles. The molecule has 25 heavy (non-hydrogen) atoms. The average molecular weight is 370 g/mol. The van der Waals surface area contributed by atoms with Crippen molar-refractivity contribution in [1.29, 1.82) is 0 Å². The van der Waals surface area contributed by atoms with Crippen LogP contribution in [0.3, 0.4) is 0 Å². The first-order chi connectivity index (χ1) is 11.6. The summed E-state index contributed by atoms with van der Waals surface area (Å²) in [6.07, 6.45) is 5.05. The van der Waals surface area contributed by atoms with Gasteiger partial charge < -0.3 is 15.0 Å². The molecule has 1 saturated heterocycles.